The van der Waals surface area contributed by atoms with Crippen LogP contribution in [0.4, 0.5) is 5.69 Å². The summed E-state index contributed by atoms with van der Waals surface area (Å²) in [5.41, 5.74) is 8.71. The number of nitrogen functional groups attached to an aromatic ring is 1. The van der Waals surface area contributed by atoms with Crippen molar-refractivity contribution in [2.45, 2.75) is 13.8 Å². The molecule has 21 heavy (non-hydrogen) atoms. The normalized spacial score (nSPS) is 10.3. The SMILES string of the molecule is CNC(=O)c1ccc(Oc2cc(C)c(Cl)c(C)c2)c(N)c1. The molecule has 0 fully saturated rings. The van der Waals surface area contributed by atoms with Gasteiger partial charge in [-0.05, 0) is 55.3 Å². The van der Waals surface area contributed by atoms with Crippen LogP contribution in [0.3, 0.4) is 0 Å². The van der Waals surface area contributed by atoms with E-state index in [2.05, 4.69) is 5.32 Å². The highest BCUT2D eigenvalue weighted by Crippen LogP contribution is 2.32. The summed E-state index contributed by atoms with van der Waals surface area (Å²) in [5.74, 6) is 0.976. The fourth-order valence-electron chi connectivity index (χ4n) is 2.02. The number of amides is 1. The van der Waals surface area contributed by atoms with Crippen LogP contribution in [0.5, 0.6) is 11.5 Å². The standard InChI is InChI=1S/C16H17ClN2O2/c1-9-6-12(7-10(2)15(9)17)21-14-5-4-11(8-13(14)18)16(20)19-3/h4-8H,18H2,1-3H3,(H,19,20). The van der Waals surface area contributed by atoms with Crippen LogP contribution in [0.25, 0.3) is 0 Å². The average molecular weight is 305 g/mol. The number of hydrogen-bond donors (Lipinski definition) is 2. The molecule has 3 N–H and O–H groups in total. The number of rotatable bonds is 3. The number of hydrogen-bond acceptors (Lipinski definition) is 3. The van der Waals surface area contributed by atoms with Crippen LogP contribution in [-0.2, 0) is 0 Å². The maximum atomic E-state index is 11.5. The number of benzene rings is 2. The molecular formula is C16H17ClN2O2. The fraction of sp³-hybridized carbons (Fsp3) is 0.188. The Labute approximate surface area is 128 Å². The Hall–Kier alpha value is -2.20. The highest BCUT2D eigenvalue weighted by Gasteiger charge is 2.09. The van der Waals surface area contributed by atoms with Gasteiger partial charge in [-0.3, -0.25) is 4.79 Å². The van der Waals surface area contributed by atoms with E-state index in [9.17, 15) is 4.79 Å². The second kappa shape index (κ2) is 6.06. The minimum atomic E-state index is -0.188. The van der Waals surface area contributed by atoms with E-state index in [4.69, 9.17) is 22.1 Å². The third kappa shape index (κ3) is 3.28. The van der Waals surface area contributed by atoms with Gasteiger partial charge in [0.1, 0.15) is 11.5 Å². The lowest BCUT2D eigenvalue weighted by atomic mass is 10.1. The van der Waals surface area contributed by atoms with Gasteiger partial charge < -0.3 is 15.8 Å². The lowest BCUT2D eigenvalue weighted by molar-refractivity contribution is 0.0963. The number of carbonyl (C=O) groups excluding carboxylic acids is 1. The first-order chi connectivity index (χ1) is 9.92. The third-order valence-corrected chi connectivity index (χ3v) is 3.73. The van der Waals surface area contributed by atoms with Crippen molar-refractivity contribution in [1.82, 2.24) is 5.32 Å². The van der Waals surface area contributed by atoms with E-state index < -0.39 is 0 Å². The molecule has 0 bridgehead atoms. The van der Waals surface area contributed by atoms with Crippen LogP contribution in [0.15, 0.2) is 30.3 Å². The number of nitrogens with two attached hydrogens (primary N) is 1. The van der Waals surface area contributed by atoms with Crippen molar-refractivity contribution >= 4 is 23.2 Å². The van der Waals surface area contributed by atoms with Crippen molar-refractivity contribution in [3.63, 3.8) is 0 Å². The van der Waals surface area contributed by atoms with Crippen molar-refractivity contribution < 1.29 is 9.53 Å². The van der Waals surface area contributed by atoms with E-state index in [0.717, 1.165) is 16.1 Å². The summed E-state index contributed by atoms with van der Waals surface area (Å²) in [6.07, 6.45) is 0. The van der Waals surface area contributed by atoms with Crippen molar-refractivity contribution in [3.8, 4) is 11.5 Å². The number of ether oxygens (including phenoxy) is 1. The molecule has 0 aliphatic heterocycles. The minimum absolute atomic E-state index is 0.188. The monoisotopic (exact) mass is 304 g/mol. The molecule has 2 rings (SSSR count). The summed E-state index contributed by atoms with van der Waals surface area (Å²) >= 11 is 6.13. The molecule has 0 saturated carbocycles. The maximum Gasteiger partial charge on any atom is 0.251 e. The van der Waals surface area contributed by atoms with E-state index in [1.165, 1.54) is 0 Å². The number of anilines is 1. The van der Waals surface area contributed by atoms with E-state index in [1.807, 2.05) is 26.0 Å². The molecule has 0 aliphatic rings. The van der Waals surface area contributed by atoms with Crippen molar-refractivity contribution in [3.05, 3.63) is 52.0 Å². The van der Waals surface area contributed by atoms with Gasteiger partial charge in [0.05, 0.1) is 5.69 Å². The second-order valence-electron chi connectivity index (χ2n) is 4.80. The van der Waals surface area contributed by atoms with Crippen molar-refractivity contribution in [1.29, 1.82) is 0 Å². The summed E-state index contributed by atoms with van der Waals surface area (Å²) in [7, 11) is 1.57. The van der Waals surface area contributed by atoms with Crippen molar-refractivity contribution in [2.24, 2.45) is 0 Å². The zero-order valence-electron chi connectivity index (χ0n) is 12.2. The van der Waals surface area contributed by atoms with E-state index in [1.54, 1.807) is 25.2 Å². The van der Waals surface area contributed by atoms with Crippen LogP contribution in [0.1, 0.15) is 21.5 Å². The highest BCUT2D eigenvalue weighted by atomic mass is 35.5. The number of nitrogens with one attached hydrogen (secondary N) is 1. The Morgan fingerprint density at radius 2 is 1.81 bits per heavy atom. The number of aryl methyl sites for hydroxylation is 2. The van der Waals surface area contributed by atoms with Crippen LogP contribution < -0.4 is 15.8 Å². The lowest BCUT2D eigenvalue weighted by Gasteiger charge is -2.12. The Morgan fingerprint density at radius 3 is 2.33 bits per heavy atom. The van der Waals surface area contributed by atoms with E-state index >= 15 is 0 Å². The molecule has 0 spiro atoms. The topological polar surface area (TPSA) is 64.3 Å². The Morgan fingerprint density at radius 1 is 1.19 bits per heavy atom. The quantitative estimate of drug-likeness (QED) is 0.850. The maximum absolute atomic E-state index is 11.5. The van der Waals surface area contributed by atoms with Crippen LogP contribution >= 0.6 is 11.6 Å². The first-order valence-corrected chi connectivity index (χ1v) is 6.86. The van der Waals surface area contributed by atoms with Crippen molar-refractivity contribution in [2.75, 3.05) is 12.8 Å². The predicted molar refractivity (Wildman–Crippen MR) is 85.2 cm³/mol. The molecule has 5 heteroatoms. The van der Waals surface area contributed by atoms with Gasteiger partial charge in [0.2, 0.25) is 0 Å². The molecule has 0 aliphatic carbocycles. The van der Waals surface area contributed by atoms with E-state index in [0.29, 0.717) is 22.7 Å². The molecule has 0 atom stereocenters. The Bertz CT molecular complexity index is 676. The summed E-state index contributed by atoms with van der Waals surface area (Å²) in [6.45, 7) is 3.83. The Kier molecular flexibility index (Phi) is 4.38. The van der Waals surface area contributed by atoms with Gasteiger partial charge >= 0.3 is 0 Å². The fourth-order valence-corrected chi connectivity index (χ4v) is 2.13. The second-order valence-corrected chi connectivity index (χ2v) is 5.18. The van der Waals surface area contributed by atoms with Crippen LogP contribution in [-0.4, -0.2) is 13.0 Å². The van der Waals surface area contributed by atoms with Gasteiger partial charge in [0.25, 0.3) is 5.91 Å². The van der Waals surface area contributed by atoms with Gasteiger partial charge in [0.15, 0.2) is 0 Å². The first kappa shape index (κ1) is 15.2. The van der Waals surface area contributed by atoms with Gasteiger partial charge in [-0.2, -0.15) is 0 Å². The van der Waals surface area contributed by atoms with Crippen LogP contribution in [0, 0.1) is 13.8 Å². The van der Waals surface area contributed by atoms with Gasteiger partial charge in [-0.1, -0.05) is 11.6 Å². The molecule has 0 aromatic heterocycles. The highest BCUT2D eigenvalue weighted by molar-refractivity contribution is 6.32. The third-order valence-electron chi connectivity index (χ3n) is 3.14. The van der Waals surface area contributed by atoms with Gasteiger partial charge in [-0.25, -0.2) is 0 Å². The molecule has 1 amide bonds. The molecular weight excluding hydrogens is 288 g/mol. The molecule has 0 saturated heterocycles. The summed E-state index contributed by atoms with van der Waals surface area (Å²) in [4.78, 5) is 11.5. The lowest BCUT2D eigenvalue weighted by Crippen LogP contribution is -2.17. The molecule has 2 aromatic carbocycles. The zero-order chi connectivity index (χ0) is 15.6. The first-order valence-electron chi connectivity index (χ1n) is 6.48. The molecule has 110 valence electrons. The predicted octanol–water partition coefficient (Wildman–Crippen LogP) is 3.69. The molecule has 4 nitrogen and oxygen atoms in total. The summed E-state index contributed by atoms with van der Waals surface area (Å²) in [6, 6.07) is 8.63. The molecule has 0 radical (unpaired) electrons. The summed E-state index contributed by atoms with van der Waals surface area (Å²) < 4.78 is 5.78. The largest absolute Gasteiger partial charge is 0.455 e. The molecule has 0 heterocycles. The van der Waals surface area contributed by atoms with Gasteiger partial charge in [-0.15, -0.1) is 0 Å². The molecule has 2 aromatic rings. The van der Waals surface area contributed by atoms with Crippen LogP contribution in [0.2, 0.25) is 5.02 Å². The Balaban J connectivity index is 2.30. The smallest absolute Gasteiger partial charge is 0.251 e. The van der Waals surface area contributed by atoms with Gasteiger partial charge in [0, 0.05) is 17.6 Å². The van der Waals surface area contributed by atoms with E-state index in [-0.39, 0.29) is 5.91 Å². The number of halogens is 1. The zero-order valence-corrected chi connectivity index (χ0v) is 12.9. The average Bonchev–Trinajstić information content (AvgIpc) is 2.46. The minimum Gasteiger partial charge on any atom is -0.455 e. The number of carbonyl (C=O) groups is 1. The molecule has 0 unspecified atom stereocenters. The summed E-state index contributed by atoms with van der Waals surface area (Å²) in [5, 5.41) is 3.28.